The normalized spacial score (nSPS) is 16.3. The molecule has 0 amide bonds. The molecule has 0 saturated carbocycles. The number of carboxylic acids is 1. The predicted octanol–water partition coefficient (Wildman–Crippen LogP) is 3.12. The van der Waals surface area contributed by atoms with Crippen LogP contribution in [-0.2, 0) is 9.47 Å². The summed E-state index contributed by atoms with van der Waals surface area (Å²) in [5.41, 5.74) is -0.0520. The lowest BCUT2D eigenvalue weighted by atomic mass is 9.95. The van der Waals surface area contributed by atoms with Crippen LogP contribution >= 0.6 is 0 Å². The molecule has 25 heavy (non-hydrogen) atoms. The number of anilines is 1. The minimum Gasteiger partial charge on any atom is -0.478 e. The van der Waals surface area contributed by atoms with Crippen molar-refractivity contribution in [2.75, 3.05) is 32.2 Å². The number of ether oxygens (including phenoxy) is 3. The summed E-state index contributed by atoms with van der Waals surface area (Å²) < 4.78 is 51.9. The molecule has 0 aromatic heterocycles. The molecule has 0 aliphatic carbocycles. The van der Waals surface area contributed by atoms with Crippen LogP contribution in [0.4, 0.5) is 18.9 Å². The first-order chi connectivity index (χ1) is 11.7. The summed E-state index contributed by atoms with van der Waals surface area (Å²) in [6.45, 7) is 1.18. The Labute approximate surface area is 143 Å². The number of hydrogen-bond acceptors (Lipinski definition) is 5. The van der Waals surface area contributed by atoms with E-state index in [0.29, 0.717) is 18.8 Å². The fourth-order valence-electron chi connectivity index (χ4n) is 3.00. The zero-order valence-electron chi connectivity index (χ0n) is 13.9. The van der Waals surface area contributed by atoms with Crippen LogP contribution in [0, 0.1) is 5.92 Å². The second-order valence-corrected chi connectivity index (χ2v) is 5.70. The van der Waals surface area contributed by atoms with Gasteiger partial charge in [-0.3, -0.25) is 0 Å². The standard InChI is InChI=1S/C16H20F3NO5/c1-23-15(24-2)10-5-7-20(8-6-10)11-3-4-12(14(21)22)13(9-11)25-16(17,18)19/h3-4,9-10,15H,5-8H2,1-2H3,(H,21,22). The molecule has 1 saturated heterocycles. The summed E-state index contributed by atoms with van der Waals surface area (Å²) in [4.78, 5) is 13.0. The highest BCUT2D eigenvalue weighted by atomic mass is 19.4. The second-order valence-electron chi connectivity index (χ2n) is 5.70. The van der Waals surface area contributed by atoms with Gasteiger partial charge in [0.1, 0.15) is 11.3 Å². The predicted molar refractivity (Wildman–Crippen MR) is 82.8 cm³/mol. The zero-order valence-corrected chi connectivity index (χ0v) is 13.9. The number of piperidine rings is 1. The third-order valence-corrected chi connectivity index (χ3v) is 4.18. The van der Waals surface area contributed by atoms with Gasteiger partial charge in [0.2, 0.25) is 0 Å². The highest BCUT2D eigenvalue weighted by Crippen LogP contribution is 2.33. The van der Waals surface area contributed by atoms with Crippen molar-refractivity contribution in [1.82, 2.24) is 0 Å². The number of nitrogens with zero attached hydrogens (tertiary/aromatic N) is 1. The van der Waals surface area contributed by atoms with Crippen molar-refractivity contribution in [3.8, 4) is 5.75 Å². The SMILES string of the molecule is COC(OC)C1CCN(c2ccc(C(=O)O)c(OC(F)(F)F)c2)CC1. The second kappa shape index (κ2) is 7.92. The maximum Gasteiger partial charge on any atom is 0.573 e. The molecule has 0 bridgehead atoms. The molecule has 1 heterocycles. The fourth-order valence-corrected chi connectivity index (χ4v) is 3.00. The van der Waals surface area contributed by atoms with Gasteiger partial charge in [-0.15, -0.1) is 13.2 Å². The average Bonchev–Trinajstić information content (AvgIpc) is 2.55. The lowest BCUT2D eigenvalue weighted by molar-refractivity contribution is -0.274. The molecule has 140 valence electrons. The number of methoxy groups -OCH3 is 2. The lowest BCUT2D eigenvalue weighted by Crippen LogP contribution is -2.39. The van der Waals surface area contributed by atoms with Crippen LogP contribution in [0.3, 0.4) is 0 Å². The van der Waals surface area contributed by atoms with E-state index >= 15 is 0 Å². The number of carbonyl (C=O) groups is 1. The molecule has 1 aliphatic rings. The Balaban J connectivity index is 2.15. The Morgan fingerprint density at radius 1 is 1.24 bits per heavy atom. The summed E-state index contributed by atoms with van der Waals surface area (Å²) in [5.74, 6) is -2.01. The van der Waals surface area contributed by atoms with Crippen molar-refractivity contribution >= 4 is 11.7 Å². The molecule has 0 radical (unpaired) electrons. The van der Waals surface area contributed by atoms with E-state index in [1.165, 1.54) is 6.07 Å². The van der Waals surface area contributed by atoms with Crippen LogP contribution in [0.25, 0.3) is 0 Å². The van der Waals surface area contributed by atoms with Crippen LogP contribution in [0.2, 0.25) is 0 Å². The molecule has 1 aliphatic heterocycles. The Kier molecular flexibility index (Phi) is 6.12. The maximum absolute atomic E-state index is 12.5. The van der Waals surface area contributed by atoms with Crippen molar-refractivity contribution in [2.45, 2.75) is 25.5 Å². The van der Waals surface area contributed by atoms with E-state index in [9.17, 15) is 18.0 Å². The molecule has 0 atom stereocenters. The first-order valence-electron chi connectivity index (χ1n) is 7.68. The summed E-state index contributed by atoms with van der Waals surface area (Å²) in [6.07, 6.45) is -3.80. The van der Waals surface area contributed by atoms with E-state index in [4.69, 9.17) is 14.6 Å². The number of aromatic carboxylic acids is 1. The Hall–Kier alpha value is -2.00. The van der Waals surface area contributed by atoms with Crippen LogP contribution in [0.5, 0.6) is 5.75 Å². The fraction of sp³-hybridized carbons (Fsp3) is 0.562. The third kappa shape index (κ3) is 4.99. The van der Waals surface area contributed by atoms with Gasteiger partial charge in [0.25, 0.3) is 0 Å². The molecule has 0 unspecified atom stereocenters. The molecule has 1 aromatic carbocycles. The first-order valence-corrected chi connectivity index (χ1v) is 7.68. The molecular formula is C16H20F3NO5. The smallest absolute Gasteiger partial charge is 0.478 e. The summed E-state index contributed by atoms with van der Waals surface area (Å²) in [5, 5.41) is 9.03. The number of alkyl halides is 3. The quantitative estimate of drug-likeness (QED) is 0.784. The summed E-state index contributed by atoms with van der Waals surface area (Å²) in [7, 11) is 3.12. The van der Waals surface area contributed by atoms with E-state index in [1.54, 1.807) is 14.2 Å². The van der Waals surface area contributed by atoms with E-state index in [2.05, 4.69) is 4.74 Å². The third-order valence-electron chi connectivity index (χ3n) is 4.18. The summed E-state index contributed by atoms with van der Waals surface area (Å²) >= 11 is 0. The Bertz CT molecular complexity index is 596. The van der Waals surface area contributed by atoms with Crippen LogP contribution in [0.15, 0.2) is 18.2 Å². The number of hydrogen-bond donors (Lipinski definition) is 1. The van der Waals surface area contributed by atoms with Crippen LogP contribution in [0.1, 0.15) is 23.2 Å². The molecule has 2 rings (SSSR count). The number of carboxylic acid groups (broad SMARTS) is 1. The Morgan fingerprint density at radius 2 is 1.84 bits per heavy atom. The molecule has 9 heteroatoms. The highest BCUT2D eigenvalue weighted by Gasteiger charge is 2.34. The zero-order chi connectivity index (χ0) is 18.6. The largest absolute Gasteiger partial charge is 0.573 e. The van der Waals surface area contributed by atoms with Gasteiger partial charge in [0.05, 0.1) is 0 Å². The van der Waals surface area contributed by atoms with Crippen molar-refractivity contribution in [2.24, 2.45) is 5.92 Å². The number of rotatable bonds is 6. The van der Waals surface area contributed by atoms with Crippen molar-refractivity contribution < 1.29 is 37.3 Å². The molecule has 1 fully saturated rings. The van der Waals surface area contributed by atoms with Gasteiger partial charge < -0.3 is 24.2 Å². The molecule has 1 N–H and O–H groups in total. The first kappa shape index (κ1) is 19.3. The molecule has 6 nitrogen and oxygen atoms in total. The van der Waals surface area contributed by atoms with Gasteiger partial charge in [0, 0.05) is 45.0 Å². The molecular weight excluding hydrogens is 343 g/mol. The van der Waals surface area contributed by atoms with Crippen molar-refractivity contribution in [3.63, 3.8) is 0 Å². The van der Waals surface area contributed by atoms with Crippen molar-refractivity contribution in [1.29, 1.82) is 0 Å². The summed E-state index contributed by atoms with van der Waals surface area (Å²) in [6, 6.07) is 3.72. The monoisotopic (exact) mass is 363 g/mol. The van der Waals surface area contributed by atoms with Gasteiger partial charge in [-0.05, 0) is 25.0 Å². The minimum absolute atomic E-state index is 0.190. The van der Waals surface area contributed by atoms with Gasteiger partial charge in [-0.2, -0.15) is 0 Å². The van der Waals surface area contributed by atoms with Gasteiger partial charge in [0.15, 0.2) is 6.29 Å². The molecule has 0 spiro atoms. The van der Waals surface area contributed by atoms with E-state index in [-0.39, 0.29) is 12.2 Å². The van der Waals surface area contributed by atoms with E-state index in [1.807, 2.05) is 4.90 Å². The van der Waals surface area contributed by atoms with E-state index < -0.39 is 23.6 Å². The lowest BCUT2D eigenvalue weighted by Gasteiger charge is -2.36. The van der Waals surface area contributed by atoms with Gasteiger partial charge >= 0.3 is 12.3 Å². The minimum atomic E-state index is -4.96. The topological polar surface area (TPSA) is 68.2 Å². The number of benzene rings is 1. The maximum atomic E-state index is 12.5. The van der Waals surface area contributed by atoms with Gasteiger partial charge in [-0.1, -0.05) is 0 Å². The Morgan fingerprint density at radius 3 is 2.32 bits per heavy atom. The van der Waals surface area contributed by atoms with Crippen LogP contribution < -0.4 is 9.64 Å². The molecule has 1 aromatic rings. The van der Waals surface area contributed by atoms with Crippen LogP contribution in [-0.4, -0.2) is 51.0 Å². The highest BCUT2D eigenvalue weighted by molar-refractivity contribution is 5.91. The average molecular weight is 363 g/mol. The number of halogens is 3. The van der Waals surface area contributed by atoms with Gasteiger partial charge in [-0.25, -0.2) is 4.79 Å². The van der Waals surface area contributed by atoms with E-state index in [0.717, 1.165) is 25.0 Å². The van der Waals surface area contributed by atoms with Crippen molar-refractivity contribution in [3.05, 3.63) is 23.8 Å².